The Morgan fingerprint density at radius 1 is 0.913 bits per heavy atom. The second kappa shape index (κ2) is 11.5. The summed E-state index contributed by atoms with van der Waals surface area (Å²) in [6.45, 7) is 2.57. The lowest BCUT2D eigenvalue weighted by Gasteiger charge is -2.35. The molecular weight excluding hydrogens is 587 g/mol. The highest BCUT2D eigenvalue weighted by atomic mass is 19.1. The Balaban J connectivity index is 0.932. The number of pyridine rings is 1. The van der Waals surface area contributed by atoms with Gasteiger partial charge in [0.05, 0.1) is 47.2 Å². The van der Waals surface area contributed by atoms with Crippen molar-refractivity contribution in [2.75, 3.05) is 25.0 Å². The van der Waals surface area contributed by atoms with Crippen molar-refractivity contribution in [3.8, 4) is 11.3 Å². The molecule has 10 nitrogen and oxygen atoms in total. The number of nitrogens with zero attached hydrogens (tertiary/aromatic N) is 4. The number of hydrogen-bond acceptors (Lipinski definition) is 8. The van der Waals surface area contributed by atoms with Gasteiger partial charge in [-0.25, -0.2) is 4.39 Å². The number of rotatable bonds is 8. The lowest BCUT2D eigenvalue weighted by molar-refractivity contribution is -0.132. The predicted molar refractivity (Wildman–Crippen MR) is 167 cm³/mol. The second-order valence-corrected chi connectivity index (χ2v) is 13.6. The molecule has 2 N–H and O–H groups in total. The Kier molecular flexibility index (Phi) is 7.31. The number of imide groups is 1. The van der Waals surface area contributed by atoms with Crippen LogP contribution in [0.2, 0.25) is 0 Å². The van der Waals surface area contributed by atoms with E-state index in [-0.39, 0.29) is 48.6 Å². The maximum atomic E-state index is 14.4. The zero-order valence-corrected chi connectivity index (χ0v) is 25.6. The van der Waals surface area contributed by atoms with Crippen molar-refractivity contribution >= 4 is 29.1 Å². The number of Topliss-reactive ketones (excluding diaryl/α,β-unsaturated/α-hetero) is 2. The van der Waals surface area contributed by atoms with Gasteiger partial charge in [-0.15, -0.1) is 0 Å². The molecule has 1 aromatic carbocycles. The maximum Gasteiger partial charge on any atom is 0.262 e. The highest BCUT2D eigenvalue weighted by molar-refractivity contribution is 6.24. The summed E-state index contributed by atoms with van der Waals surface area (Å²) in [6.07, 6.45) is 9.71. The van der Waals surface area contributed by atoms with Crippen LogP contribution >= 0.6 is 0 Å². The summed E-state index contributed by atoms with van der Waals surface area (Å²) in [7, 11) is 0. The molecule has 8 rings (SSSR count). The minimum absolute atomic E-state index is 0.148. The second-order valence-electron chi connectivity index (χ2n) is 13.6. The van der Waals surface area contributed by atoms with Crippen LogP contribution in [-0.2, 0) is 9.59 Å². The normalized spacial score (nSPS) is 25.2. The fraction of sp³-hybridized carbons (Fsp3) is 0.486. The molecular formula is C35H37FN6O4. The van der Waals surface area contributed by atoms with E-state index in [1.54, 1.807) is 24.3 Å². The quantitative estimate of drug-likeness (QED) is 0.271. The van der Waals surface area contributed by atoms with Crippen molar-refractivity contribution in [3.63, 3.8) is 0 Å². The van der Waals surface area contributed by atoms with Crippen molar-refractivity contribution in [2.45, 2.75) is 81.7 Å². The standard InChI is InChI=1S/C35H37FN6O4/c36-22-13-27(20-7-9-37-10-8-20)33(39-17-22)29-18-41(40-32(29)21-1-2-21)24-11-19(12-24)16-38-23-3-5-26-28(14-23)35(46)42(34(26)45)30-6-4-25(43)15-31(30)44/h3,5,13-14,17-21,24,30,37-38H,1-2,4,6-12,15-16H2. The number of carbonyl (C=O) groups excluding carboxylic acids is 4. The van der Waals surface area contributed by atoms with Crippen LogP contribution in [0.5, 0.6) is 0 Å². The zero-order chi connectivity index (χ0) is 31.5. The molecule has 1 unspecified atom stereocenters. The smallest absolute Gasteiger partial charge is 0.262 e. The van der Waals surface area contributed by atoms with Crippen LogP contribution in [0.25, 0.3) is 11.3 Å². The number of benzene rings is 1. The first-order valence-corrected chi connectivity index (χ1v) is 16.6. The number of carbonyl (C=O) groups is 4. The predicted octanol–water partition coefficient (Wildman–Crippen LogP) is 4.78. The molecule has 1 saturated heterocycles. The summed E-state index contributed by atoms with van der Waals surface area (Å²) in [5, 5.41) is 11.9. The number of ketones is 2. The number of fused-ring (bicyclic) bond motifs is 1. The first-order chi connectivity index (χ1) is 22.3. The number of hydrogen-bond donors (Lipinski definition) is 2. The van der Waals surface area contributed by atoms with E-state index in [4.69, 9.17) is 5.10 Å². The summed E-state index contributed by atoms with van der Waals surface area (Å²) in [5.41, 5.74) is 5.35. The molecule has 0 radical (unpaired) electrons. The van der Waals surface area contributed by atoms with E-state index in [1.165, 1.54) is 6.20 Å². The maximum absolute atomic E-state index is 14.4. The van der Waals surface area contributed by atoms with Gasteiger partial charge in [-0.1, -0.05) is 0 Å². The lowest BCUT2D eigenvalue weighted by Crippen LogP contribution is -2.47. The third-order valence-corrected chi connectivity index (χ3v) is 10.5. The Morgan fingerprint density at radius 2 is 1.70 bits per heavy atom. The Hall–Kier alpha value is -4.25. The first kappa shape index (κ1) is 29.2. The number of amides is 2. The Morgan fingerprint density at radius 3 is 2.46 bits per heavy atom. The molecule has 238 valence electrons. The minimum atomic E-state index is -0.869. The van der Waals surface area contributed by atoms with Crippen LogP contribution in [0.1, 0.15) is 108 Å². The van der Waals surface area contributed by atoms with Crippen LogP contribution in [0.15, 0.2) is 36.7 Å². The summed E-state index contributed by atoms with van der Waals surface area (Å²) < 4.78 is 16.5. The number of piperidine rings is 1. The number of anilines is 1. The van der Waals surface area contributed by atoms with E-state index in [9.17, 15) is 23.6 Å². The third kappa shape index (κ3) is 5.24. The van der Waals surface area contributed by atoms with Crippen molar-refractivity contribution in [3.05, 3.63) is 64.9 Å². The van der Waals surface area contributed by atoms with Crippen molar-refractivity contribution in [1.82, 2.24) is 25.0 Å². The molecule has 0 bridgehead atoms. The molecule has 11 heteroatoms. The van der Waals surface area contributed by atoms with Crippen molar-refractivity contribution in [2.24, 2.45) is 5.92 Å². The van der Waals surface area contributed by atoms with Gasteiger partial charge in [0.25, 0.3) is 11.8 Å². The average molecular weight is 625 g/mol. The summed E-state index contributed by atoms with van der Waals surface area (Å²) >= 11 is 0. The van der Waals surface area contributed by atoms with E-state index in [2.05, 4.69) is 26.5 Å². The van der Waals surface area contributed by atoms with E-state index in [0.717, 1.165) is 84.7 Å². The molecule has 1 atom stereocenters. The highest BCUT2D eigenvalue weighted by Crippen LogP contribution is 2.47. The molecule has 4 fully saturated rings. The molecule has 2 amide bonds. The number of nitrogens with one attached hydrogen (secondary N) is 2. The lowest BCUT2D eigenvalue weighted by atomic mass is 9.80. The molecule has 0 spiro atoms. The molecule has 46 heavy (non-hydrogen) atoms. The fourth-order valence-corrected chi connectivity index (χ4v) is 7.69. The molecule has 2 aliphatic heterocycles. The van der Waals surface area contributed by atoms with Gasteiger partial charge in [-0.2, -0.15) is 5.10 Å². The van der Waals surface area contributed by atoms with Crippen LogP contribution in [0, 0.1) is 11.7 Å². The third-order valence-electron chi connectivity index (χ3n) is 10.5. The number of aromatic nitrogens is 3. The number of halogens is 1. The van der Waals surface area contributed by atoms with E-state index in [0.29, 0.717) is 29.5 Å². The molecule has 4 heterocycles. The van der Waals surface area contributed by atoms with Gasteiger partial charge < -0.3 is 10.6 Å². The average Bonchev–Trinajstić information content (AvgIpc) is 3.75. The van der Waals surface area contributed by atoms with Gasteiger partial charge >= 0.3 is 0 Å². The molecule has 2 aromatic heterocycles. The largest absolute Gasteiger partial charge is 0.385 e. The highest BCUT2D eigenvalue weighted by Gasteiger charge is 2.44. The van der Waals surface area contributed by atoms with Crippen molar-refractivity contribution < 1.29 is 23.6 Å². The minimum Gasteiger partial charge on any atom is -0.385 e. The summed E-state index contributed by atoms with van der Waals surface area (Å²) in [4.78, 5) is 56.0. The molecule has 3 aliphatic carbocycles. The van der Waals surface area contributed by atoms with Crippen LogP contribution in [-0.4, -0.2) is 68.7 Å². The zero-order valence-electron chi connectivity index (χ0n) is 25.6. The monoisotopic (exact) mass is 624 g/mol. The van der Waals surface area contributed by atoms with Gasteiger partial charge in [0.2, 0.25) is 0 Å². The Labute approximate surface area is 266 Å². The van der Waals surface area contributed by atoms with Crippen molar-refractivity contribution in [1.29, 1.82) is 0 Å². The topological polar surface area (TPSA) is 126 Å². The van der Waals surface area contributed by atoms with Crippen LogP contribution in [0.3, 0.4) is 0 Å². The van der Waals surface area contributed by atoms with Gasteiger partial charge in [0, 0.05) is 36.3 Å². The van der Waals surface area contributed by atoms with Gasteiger partial charge in [-0.05, 0) is 99.7 Å². The van der Waals surface area contributed by atoms with E-state index >= 15 is 0 Å². The van der Waals surface area contributed by atoms with Gasteiger partial charge in [0.15, 0.2) is 5.78 Å². The SMILES string of the molecule is O=C1CCC(N2C(=O)c3ccc(NCC4CC(n5cc(-c6ncc(F)cc6C6CCNCC6)c(C6CC6)n5)C4)cc3C2=O)C(=O)C1. The summed E-state index contributed by atoms with van der Waals surface area (Å²) in [6, 6.07) is 6.22. The molecule has 3 aromatic rings. The van der Waals surface area contributed by atoms with Gasteiger partial charge in [0.1, 0.15) is 11.6 Å². The molecule has 3 saturated carbocycles. The van der Waals surface area contributed by atoms with Gasteiger partial charge in [-0.3, -0.25) is 33.7 Å². The van der Waals surface area contributed by atoms with Crippen LogP contribution in [0.4, 0.5) is 10.1 Å². The fourth-order valence-electron chi connectivity index (χ4n) is 7.69. The summed E-state index contributed by atoms with van der Waals surface area (Å²) in [5.74, 6) is -0.616. The molecule has 5 aliphatic rings. The first-order valence-electron chi connectivity index (χ1n) is 16.6. The van der Waals surface area contributed by atoms with Crippen LogP contribution < -0.4 is 10.6 Å². The van der Waals surface area contributed by atoms with E-state index in [1.807, 2.05) is 0 Å². The Bertz CT molecular complexity index is 1750. The van der Waals surface area contributed by atoms with E-state index < -0.39 is 17.9 Å².